The molecule has 0 aliphatic heterocycles. The first-order chi connectivity index (χ1) is 3.91. The van der Waals surface area contributed by atoms with Crippen LogP contribution >= 0.6 is 0 Å². The molecule has 0 fully saturated rings. The van der Waals surface area contributed by atoms with E-state index >= 15 is 0 Å². The van der Waals surface area contributed by atoms with Gasteiger partial charge in [0.1, 0.15) is 0 Å². The maximum atomic E-state index is 2.25. The number of unbranched alkanes of at least 4 members (excludes halogenated alkanes) is 5. The molecule has 1 radical (unpaired) electrons. The van der Waals surface area contributed by atoms with Crippen LogP contribution in [0.2, 0.25) is 0 Å². The Balaban J connectivity index is 0. The van der Waals surface area contributed by atoms with Gasteiger partial charge in [0.2, 0.25) is 0 Å². The van der Waals surface area contributed by atoms with Crippen molar-refractivity contribution in [3.8, 4) is 0 Å². The average molecular weight is 257 g/mol. The molecule has 0 atom stereocenters. The summed E-state index contributed by atoms with van der Waals surface area (Å²) in [6.07, 6.45) is 9.12. The van der Waals surface area contributed by atoms with Crippen LogP contribution in [0.4, 0.5) is 0 Å². The van der Waals surface area contributed by atoms with Gasteiger partial charge in [-0.1, -0.05) is 46.0 Å². The summed E-state index contributed by atoms with van der Waals surface area (Å²) in [5.41, 5.74) is 0. The molecule has 9 heavy (non-hydrogen) atoms. The monoisotopic (exact) mass is 255 g/mol. The van der Waals surface area contributed by atoms with Crippen molar-refractivity contribution in [3.05, 3.63) is 6.42 Å². The number of hydrogen-bond donors (Lipinski definition) is 0. The van der Waals surface area contributed by atoms with E-state index in [2.05, 4.69) is 20.3 Å². The smallest absolute Gasteiger partial charge is 0 e. The van der Waals surface area contributed by atoms with Crippen LogP contribution in [0.25, 0.3) is 0 Å². The van der Waals surface area contributed by atoms with Crippen LogP contribution in [0.15, 0.2) is 0 Å². The van der Waals surface area contributed by atoms with E-state index in [0.717, 1.165) is 0 Å². The second-order valence-corrected chi connectivity index (χ2v) is 2.26. The summed E-state index contributed by atoms with van der Waals surface area (Å²) in [6, 6.07) is 0. The molecule has 0 nitrogen and oxygen atoms in total. The van der Waals surface area contributed by atoms with Crippen molar-refractivity contribution in [2.24, 2.45) is 0 Å². The van der Waals surface area contributed by atoms with E-state index in [4.69, 9.17) is 0 Å². The largest absolute Gasteiger partial charge is 0.0654 e. The Morgan fingerprint density at radius 2 is 1.78 bits per heavy atom. The van der Waals surface area contributed by atoms with E-state index in [1.54, 1.807) is 0 Å². The van der Waals surface area contributed by atoms with Crippen molar-refractivity contribution < 1.29 is 40.8 Å². The van der Waals surface area contributed by atoms with E-state index in [-0.39, 0.29) is 40.8 Å². The van der Waals surface area contributed by atoms with Gasteiger partial charge >= 0.3 is 0 Å². The van der Waals surface area contributed by atoms with Crippen LogP contribution in [0.1, 0.15) is 46.0 Å². The predicted octanol–water partition coefficient (Wildman–Crippen LogP) is 3.18. The minimum Gasteiger partial charge on any atom is -0.0654 e. The average Bonchev–Trinajstić information content (AvgIpc) is 1.81. The summed E-state index contributed by atoms with van der Waals surface area (Å²) in [5, 5.41) is 0. The predicted molar refractivity (Wildman–Crippen MR) is 38.7 cm³/mol. The molecule has 1 heteroatoms. The minimum atomic E-state index is 0. The molecule has 0 rings (SSSR count). The van der Waals surface area contributed by atoms with Crippen LogP contribution in [-0.4, -0.2) is 0 Å². The van der Waals surface area contributed by atoms with E-state index in [1.165, 1.54) is 32.1 Å². The van der Waals surface area contributed by atoms with Crippen LogP contribution in [0.5, 0.6) is 0 Å². The van der Waals surface area contributed by atoms with E-state index in [0.29, 0.717) is 0 Å². The van der Waals surface area contributed by atoms with Crippen molar-refractivity contribution in [2.75, 3.05) is 0 Å². The van der Waals surface area contributed by atoms with E-state index in [1.807, 2.05) is 0 Å². The van der Waals surface area contributed by atoms with E-state index in [9.17, 15) is 0 Å². The second-order valence-electron chi connectivity index (χ2n) is 2.26. The fourth-order valence-corrected chi connectivity index (χ4v) is 0.775. The van der Waals surface area contributed by atoms with Crippen molar-refractivity contribution in [1.82, 2.24) is 0 Å². The second kappa shape index (κ2) is 12.1. The third-order valence-electron chi connectivity index (χ3n) is 1.35. The van der Waals surface area contributed by atoms with Crippen molar-refractivity contribution >= 4 is 0 Å². The Morgan fingerprint density at radius 3 is 2.22 bits per heavy atom. The van der Waals surface area contributed by atoms with Gasteiger partial charge in [0.05, 0.1) is 0 Å². The van der Waals surface area contributed by atoms with Crippen molar-refractivity contribution in [3.63, 3.8) is 0 Å². The summed E-state index contributed by atoms with van der Waals surface area (Å²) in [4.78, 5) is 0. The molecular formula is C8H17Nd. The molecule has 53 valence electrons. The van der Waals surface area contributed by atoms with Crippen LogP contribution < -0.4 is 0 Å². The van der Waals surface area contributed by atoms with Crippen molar-refractivity contribution in [1.29, 1.82) is 0 Å². The van der Waals surface area contributed by atoms with Crippen LogP contribution in [-0.2, 0) is 0 Å². The molecule has 0 N–H and O–H groups in total. The molecule has 0 heterocycles. The molecule has 0 bridgehead atoms. The first kappa shape index (κ1) is 13.0. The molecule has 0 aromatic carbocycles. The van der Waals surface area contributed by atoms with Gasteiger partial charge < -0.3 is 0 Å². The Morgan fingerprint density at radius 1 is 1.11 bits per heavy atom. The topological polar surface area (TPSA) is 0 Å². The Labute approximate surface area is 92.3 Å². The number of hydrogen-bond acceptors (Lipinski definition) is 0. The van der Waals surface area contributed by atoms with Gasteiger partial charge in [-0.3, -0.25) is 0 Å². The fourth-order valence-electron chi connectivity index (χ4n) is 0.775. The van der Waals surface area contributed by atoms with Gasteiger partial charge in [0.15, 0.2) is 0 Å². The minimum absolute atomic E-state index is 0. The van der Waals surface area contributed by atoms with Crippen LogP contribution in [0, 0.1) is 47.3 Å². The zero-order chi connectivity index (χ0) is 6.24. The summed E-state index contributed by atoms with van der Waals surface area (Å²) in [7, 11) is 0. The number of rotatable bonds is 5. The molecule has 0 amide bonds. The van der Waals surface area contributed by atoms with Crippen LogP contribution in [0.3, 0.4) is 0 Å². The molecule has 0 aromatic heterocycles. The molecule has 0 aliphatic rings. The molecule has 0 aliphatic carbocycles. The van der Waals surface area contributed by atoms with Gasteiger partial charge in [0, 0.05) is 40.8 Å². The van der Waals surface area contributed by atoms with E-state index < -0.39 is 0 Å². The maximum Gasteiger partial charge on any atom is 0 e. The van der Waals surface area contributed by atoms with Gasteiger partial charge in [-0.25, -0.2) is 0 Å². The zero-order valence-corrected chi connectivity index (χ0v) is 9.82. The molecule has 0 spiro atoms. The van der Waals surface area contributed by atoms with Gasteiger partial charge in [-0.05, 0) is 6.42 Å². The molecule has 0 saturated carbocycles. The SMILES string of the molecule is C[CH]CCCCCC.[Nd]. The quantitative estimate of drug-likeness (QED) is 0.664. The Bertz CT molecular complexity index is 29.5. The molecule has 0 saturated heterocycles. The van der Waals surface area contributed by atoms with Crippen molar-refractivity contribution in [2.45, 2.75) is 46.0 Å². The first-order valence-electron chi connectivity index (χ1n) is 3.69. The molecule has 0 unspecified atom stereocenters. The Kier molecular flexibility index (Phi) is 17.4. The Hall–Kier alpha value is 1.35. The zero-order valence-electron chi connectivity index (χ0n) is 6.61. The van der Waals surface area contributed by atoms with Gasteiger partial charge in [-0.2, -0.15) is 0 Å². The van der Waals surface area contributed by atoms with Gasteiger partial charge in [0.25, 0.3) is 0 Å². The first-order valence-corrected chi connectivity index (χ1v) is 3.69. The summed E-state index contributed by atoms with van der Waals surface area (Å²) < 4.78 is 0. The molecular weight excluding hydrogens is 240 g/mol. The summed E-state index contributed by atoms with van der Waals surface area (Å²) in [5.74, 6) is 0. The normalized spacial score (nSPS) is 8.67. The van der Waals surface area contributed by atoms with Gasteiger partial charge in [-0.15, -0.1) is 0 Å². The molecule has 0 aromatic rings. The fraction of sp³-hybridized carbons (Fsp3) is 0.875. The summed E-state index contributed by atoms with van der Waals surface area (Å²) >= 11 is 0. The third kappa shape index (κ3) is 12.5. The maximum absolute atomic E-state index is 2.25. The standard InChI is InChI=1S/C8H17.Nd/c1-3-5-7-8-6-4-2;/h3H,4-8H2,1-2H3;. The summed E-state index contributed by atoms with van der Waals surface area (Å²) in [6.45, 7) is 4.38. The third-order valence-corrected chi connectivity index (χ3v) is 1.35.